The lowest BCUT2D eigenvalue weighted by atomic mass is 9.75. The van der Waals surface area contributed by atoms with Crippen molar-refractivity contribution >= 4 is 0 Å². The number of rotatable bonds is 3. The molecule has 2 N–H and O–H groups in total. The monoisotopic (exact) mass is 249 g/mol. The maximum atomic E-state index is 6.65. The first-order valence-corrected chi connectivity index (χ1v) is 6.63. The summed E-state index contributed by atoms with van der Waals surface area (Å²) in [6.07, 6.45) is 5.71. The van der Waals surface area contributed by atoms with Gasteiger partial charge in [0.15, 0.2) is 0 Å². The highest BCUT2D eigenvalue weighted by Crippen LogP contribution is 2.43. The van der Waals surface area contributed by atoms with Gasteiger partial charge in [-0.05, 0) is 37.5 Å². The lowest BCUT2D eigenvalue weighted by molar-refractivity contribution is 0.285. The van der Waals surface area contributed by atoms with Crippen molar-refractivity contribution in [2.75, 3.05) is 14.2 Å². The summed E-state index contributed by atoms with van der Waals surface area (Å²) in [5, 5.41) is 0. The molecule has 0 spiro atoms. The lowest BCUT2D eigenvalue weighted by Crippen LogP contribution is -2.39. The Morgan fingerprint density at radius 2 is 1.56 bits per heavy atom. The van der Waals surface area contributed by atoms with Gasteiger partial charge >= 0.3 is 0 Å². The minimum Gasteiger partial charge on any atom is -0.496 e. The van der Waals surface area contributed by atoms with E-state index in [2.05, 4.69) is 6.92 Å². The van der Waals surface area contributed by atoms with Gasteiger partial charge in [-0.15, -0.1) is 0 Å². The fraction of sp³-hybridized carbons (Fsp3) is 0.600. The van der Waals surface area contributed by atoms with Crippen LogP contribution in [0, 0.1) is 6.92 Å². The van der Waals surface area contributed by atoms with Crippen LogP contribution in [0.4, 0.5) is 0 Å². The fourth-order valence-corrected chi connectivity index (χ4v) is 3.11. The molecular weight excluding hydrogens is 226 g/mol. The van der Waals surface area contributed by atoms with Crippen LogP contribution in [-0.4, -0.2) is 14.2 Å². The molecule has 0 aromatic heterocycles. The zero-order valence-corrected chi connectivity index (χ0v) is 11.6. The van der Waals surface area contributed by atoms with E-state index in [-0.39, 0.29) is 5.54 Å². The van der Waals surface area contributed by atoms with E-state index in [4.69, 9.17) is 15.2 Å². The number of hydrogen-bond acceptors (Lipinski definition) is 3. The Bertz CT molecular complexity index is 423. The number of nitrogens with two attached hydrogens (primary N) is 1. The molecule has 3 nitrogen and oxygen atoms in total. The Hall–Kier alpha value is -1.22. The quantitative estimate of drug-likeness (QED) is 0.895. The molecule has 1 aliphatic carbocycles. The van der Waals surface area contributed by atoms with Crippen molar-refractivity contribution < 1.29 is 9.47 Å². The molecular formula is C15H23NO2. The van der Waals surface area contributed by atoms with Gasteiger partial charge in [-0.2, -0.15) is 0 Å². The van der Waals surface area contributed by atoms with Crippen LogP contribution in [0.1, 0.15) is 43.2 Å². The van der Waals surface area contributed by atoms with Gasteiger partial charge < -0.3 is 15.2 Å². The van der Waals surface area contributed by atoms with Gasteiger partial charge in [-0.3, -0.25) is 0 Å². The largest absolute Gasteiger partial charge is 0.496 e. The first kappa shape index (κ1) is 13.2. The Kier molecular flexibility index (Phi) is 3.81. The normalized spacial score (nSPS) is 18.4. The first-order valence-electron chi connectivity index (χ1n) is 6.63. The second kappa shape index (κ2) is 5.19. The summed E-state index contributed by atoms with van der Waals surface area (Å²) in [7, 11) is 3.40. The predicted molar refractivity (Wildman–Crippen MR) is 73.2 cm³/mol. The van der Waals surface area contributed by atoms with Gasteiger partial charge in [-0.25, -0.2) is 0 Å². The highest BCUT2D eigenvalue weighted by atomic mass is 16.5. The minimum atomic E-state index is -0.262. The Morgan fingerprint density at radius 3 is 2.11 bits per heavy atom. The second-order valence-electron chi connectivity index (χ2n) is 5.19. The summed E-state index contributed by atoms with van der Waals surface area (Å²) in [4.78, 5) is 0. The molecule has 1 aliphatic rings. The van der Waals surface area contributed by atoms with Crippen LogP contribution >= 0.6 is 0 Å². The molecule has 0 heterocycles. The van der Waals surface area contributed by atoms with Gasteiger partial charge in [-0.1, -0.05) is 19.3 Å². The van der Waals surface area contributed by atoms with Crippen LogP contribution in [0.3, 0.4) is 0 Å². The molecule has 0 unspecified atom stereocenters. The Morgan fingerprint density at radius 1 is 1.00 bits per heavy atom. The topological polar surface area (TPSA) is 44.5 Å². The van der Waals surface area contributed by atoms with Crippen LogP contribution in [0.5, 0.6) is 11.5 Å². The molecule has 1 fully saturated rings. The van der Waals surface area contributed by atoms with Gasteiger partial charge in [0.05, 0.1) is 14.2 Å². The van der Waals surface area contributed by atoms with Crippen LogP contribution in [0.25, 0.3) is 0 Å². The molecule has 1 saturated carbocycles. The van der Waals surface area contributed by atoms with Crippen LogP contribution in [-0.2, 0) is 5.54 Å². The molecule has 0 radical (unpaired) electrons. The molecule has 3 heteroatoms. The van der Waals surface area contributed by atoms with E-state index in [1.54, 1.807) is 14.2 Å². The summed E-state index contributed by atoms with van der Waals surface area (Å²) < 4.78 is 10.9. The van der Waals surface area contributed by atoms with Gasteiger partial charge in [0.2, 0.25) is 0 Å². The molecule has 0 aliphatic heterocycles. The SMILES string of the molecule is COc1ccc(OC)c(C2(N)CCCCC2)c1C. The standard InChI is InChI=1S/C15H23NO2/c1-11-12(17-2)7-8-13(18-3)14(11)15(16)9-5-4-6-10-15/h7-8H,4-6,9-10,16H2,1-3H3. The third-order valence-corrected chi connectivity index (χ3v) is 4.06. The fourth-order valence-electron chi connectivity index (χ4n) is 3.11. The summed E-state index contributed by atoms with van der Waals surface area (Å²) in [6, 6.07) is 3.91. The number of hydrogen-bond donors (Lipinski definition) is 1. The highest BCUT2D eigenvalue weighted by molar-refractivity contribution is 5.51. The van der Waals surface area contributed by atoms with E-state index >= 15 is 0 Å². The minimum absolute atomic E-state index is 0.262. The van der Waals surface area contributed by atoms with Crippen LogP contribution < -0.4 is 15.2 Å². The third kappa shape index (κ3) is 2.19. The van der Waals surface area contributed by atoms with E-state index in [1.165, 1.54) is 19.3 Å². The van der Waals surface area contributed by atoms with Gasteiger partial charge in [0, 0.05) is 11.1 Å². The van der Waals surface area contributed by atoms with Crippen LogP contribution in [0.15, 0.2) is 12.1 Å². The molecule has 100 valence electrons. The lowest BCUT2D eigenvalue weighted by Gasteiger charge is -2.36. The molecule has 0 saturated heterocycles. The van der Waals surface area contributed by atoms with Gasteiger partial charge in [0.1, 0.15) is 11.5 Å². The van der Waals surface area contributed by atoms with E-state index in [0.717, 1.165) is 35.5 Å². The number of benzene rings is 1. The van der Waals surface area contributed by atoms with Crippen molar-refractivity contribution in [2.24, 2.45) is 5.73 Å². The van der Waals surface area contributed by atoms with Crippen molar-refractivity contribution in [3.05, 3.63) is 23.3 Å². The molecule has 0 bridgehead atoms. The third-order valence-electron chi connectivity index (χ3n) is 4.06. The first-order chi connectivity index (χ1) is 8.62. The molecule has 18 heavy (non-hydrogen) atoms. The Labute approximate surface area is 109 Å². The average Bonchev–Trinajstić information content (AvgIpc) is 2.38. The Balaban J connectivity index is 2.52. The van der Waals surface area contributed by atoms with Crippen LogP contribution in [0.2, 0.25) is 0 Å². The second-order valence-corrected chi connectivity index (χ2v) is 5.19. The summed E-state index contributed by atoms with van der Waals surface area (Å²) in [5.41, 5.74) is 8.62. The summed E-state index contributed by atoms with van der Waals surface area (Å²) in [6.45, 7) is 2.07. The van der Waals surface area contributed by atoms with E-state index in [1.807, 2.05) is 12.1 Å². The molecule has 1 aromatic carbocycles. The molecule has 2 rings (SSSR count). The number of methoxy groups -OCH3 is 2. The zero-order chi connectivity index (χ0) is 13.2. The van der Waals surface area contributed by atoms with Crippen molar-refractivity contribution in [3.8, 4) is 11.5 Å². The smallest absolute Gasteiger partial charge is 0.124 e. The predicted octanol–water partition coefficient (Wildman–Crippen LogP) is 3.13. The maximum Gasteiger partial charge on any atom is 0.124 e. The highest BCUT2D eigenvalue weighted by Gasteiger charge is 2.34. The van der Waals surface area contributed by atoms with E-state index in [9.17, 15) is 0 Å². The van der Waals surface area contributed by atoms with E-state index < -0.39 is 0 Å². The number of ether oxygens (including phenoxy) is 2. The van der Waals surface area contributed by atoms with Crippen molar-refractivity contribution in [1.29, 1.82) is 0 Å². The average molecular weight is 249 g/mol. The molecule has 0 amide bonds. The zero-order valence-electron chi connectivity index (χ0n) is 11.6. The van der Waals surface area contributed by atoms with Crippen molar-refractivity contribution in [1.82, 2.24) is 0 Å². The molecule has 0 atom stereocenters. The summed E-state index contributed by atoms with van der Waals surface area (Å²) >= 11 is 0. The van der Waals surface area contributed by atoms with Crippen molar-refractivity contribution in [2.45, 2.75) is 44.6 Å². The van der Waals surface area contributed by atoms with Crippen molar-refractivity contribution in [3.63, 3.8) is 0 Å². The van der Waals surface area contributed by atoms with E-state index in [0.29, 0.717) is 0 Å². The summed E-state index contributed by atoms with van der Waals surface area (Å²) in [5.74, 6) is 1.78. The molecule has 1 aromatic rings. The van der Waals surface area contributed by atoms with Gasteiger partial charge in [0.25, 0.3) is 0 Å². The maximum absolute atomic E-state index is 6.65.